The fourth-order valence-electron chi connectivity index (χ4n) is 3.39. The lowest BCUT2D eigenvalue weighted by Gasteiger charge is -2.09. The highest BCUT2D eigenvalue weighted by Gasteiger charge is 2.11. The first kappa shape index (κ1) is 17.7. The molecule has 0 aliphatic rings. The number of nitrogens with zero attached hydrogens (tertiary/aromatic N) is 2. The number of aromatic carboxylic acids is 1. The number of fused-ring (bicyclic) bond motifs is 2. The molecule has 28 heavy (non-hydrogen) atoms. The maximum atomic E-state index is 12.9. The first-order chi connectivity index (χ1) is 13.6. The number of hydrogen-bond acceptors (Lipinski definition) is 3. The first-order valence-corrected chi connectivity index (χ1v) is 9.02. The van der Waals surface area contributed by atoms with Crippen LogP contribution in [0.15, 0.2) is 65.5 Å². The molecule has 138 valence electrons. The maximum Gasteiger partial charge on any atom is 0.335 e. The van der Waals surface area contributed by atoms with Gasteiger partial charge in [0.25, 0.3) is 5.56 Å². The monoisotopic (exact) mass is 370 g/mol. The summed E-state index contributed by atoms with van der Waals surface area (Å²) in [6, 6.07) is 18.7. The van der Waals surface area contributed by atoms with Crippen LogP contribution in [0.5, 0.6) is 0 Å². The molecule has 3 aromatic carbocycles. The van der Waals surface area contributed by atoms with Crippen LogP contribution in [-0.4, -0.2) is 20.6 Å². The average Bonchev–Trinajstić information content (AvgIpc) is 2.72. The van der Waals surface area contributed by atoms with Gasteiger partial charge in [0.2, 0.25) is 0 Å². The molecule has 0 saturated carbocycles. The summed E-state index contributed by atoms with van der Waals surface area (Å²) in [6.45, 7) is 2.35. The summed E-state index contributed by atoms with van der Waals surface area (Å²) in [6.07, 6.45) is 3.57. The lowest BCUT2D eigenvalue weighted by atomic mass is 10.0. The predicted molar refractivity (Wildman–Crippen MR) is 112 cm³/mol. The number of carbonyl (C=O) groups is 1. The number of carboxylic acid groups (broad SMARTS) is 1. The molecule has 1 heterocycles. The molecule has 0 spiro atoms. The van der Waals surface area contributed by atoms with E-state index in [9.17, 15) is 14.7 Å². The molecule has 0 unspecified atom stereocenters. The minimum atomic E-state index is -1.02. The highest BCUT2D eigenvalue weighted by molar-refractivity contribution is 5.94. The molecule has 5 nitrogen and oxygen atoms in total. The Balaban J connectivity index is 1.88. The number of hydrogen-bond donors (Lipinski definition) is 1. The summed E-state index contributed by atoms with van der Waals surface area (Å²) in [5.74, 6) is -1.02. The number of aromatic nitrogens is 2. The van der Waals surface area contributed by atoms with Gasteiger partial charge in [0.05, 0.1) is 16.6 Å². The molecule has 5 heteroatoms. The van der Waals surface area contributed by atoms with Crippen molar-refractivity contribution in [3.05, 3.63) is 87.8 Å². The SMILES string of the molecule is CCn1c(=O)c(/C=C/c2cccc3ccccc23)nc2cc(C(=O)O)ccc21. The minimum absolute atomic E-state index is 0.144. The van der Waals surface area contributed by atoms with Crippen molar-refractivity contribution in [3.8, 4) is 0 Å². The molecule has 0 atom stereocenters. The Morgan fingerprint density at radius 2 is 1.86 bits per heavy atom. The highest BCUT2D eigenvalue weighted by Crippen LogP contribution is 2.20. The van der Waals surface area contributed by atoms with Gasteiger partial charge in [-0.25, -0.2) is 9.78 Å². The van der Waals surface area contributed by atoms with E-state index < -0.39 is 5.97 Å². The lowest BCUT2D eigenvalue weighted by molar-refractivity contribution is 0.0697. The largest absolute Gasteiger partial charge is 0.478 e. The summed E-state index contributed by atoms with van der Waals surface area (Å²) < 4.78 is 1.61. The Bertz CT molecular complexity index is 1300. The van der Waals surface area contributed by atoms with Crippen LogP contribution in [0.1, 0.15) is 28.5 Å². The number of carboxylic acids is 1. The molecular formula is C23H18N2O3. The van der Waals surface area contributed by atoms with Crippen molar-refractivity contribution in [2.75, 3.05) is 0 Å². The van der Waals surface area contributed by atoms with Crippen molar-refractivity contribution < 1.29 is 9.90 Å². The topological polar surface area (TPSA) is 72.2 Å². The van der Waals surface area contributed by atoms with Gasteiger partial charge in [0.15, 0.2) is 0 Å². The molecular weight excluding hydrogens is 352 g/mol. The fraction of sp³-hybridized carbons (Fsp3) is 0.0870. The third-order valence-corrected chi connectivity index (χ3v) is 4.78. The van der Waals surface area contributed by atoms with Crippen LogP contribution < -0.4 is 5.56 Å². The molecule has 0 amide bonds. The van der Waals surface area contributed by atoms with Gasteiger partial charge < -0.3 is 9.67 Å². The van der Waals surface area contributed by atoms with E-state index in [0.717, 1.165) is 16.3 Å². The predicted octanol–water partition coefficient (Wildman–Crippen LogP) is 4.44. The third-order valence-electron chi connectivity index (χ3n) is 4.78. The van der Waals surface area contributed by atoms with E-state index in [1.165, 1.54) is 12.1 Å². The molecule has 0 bridgehead atoms. The Morgan fingerprint density at radius 1 is 1.07 bits per heavy atom. The molecule has 0 aliphatic heterocycles. The fourth-order valence-corrected chi connectivity index (χ4v) is 3.39. The Morgan fingerprint density at radius 3 is 2.64 bits per heavy atom. The van der Waals surface area contributed by atoms with Gasteiger partial charge >= 0.3 is 5.97 Å². The van der Waals surface area contributed by atoms with Gasteiger partial charge in [-0.2, -0.15) is 0 Å². The average molecular weight is 370 g/mol. The van der Waals surface area contributed by atoms with E-state index in [2.05, 4.69) is 4.98 Å². The van der Waals surface area contributed by atoms with Gasteiger partial charge in [-0.05, 0) is 47.5 Å². The van der Waals surface area contributed by atoms with Crippen LogP contribution in [-0.2, 0) is 6.54 Å². The Hall–Kier alpha value is -3.73. The second kappa shape index (κ2) is 7.12. The Labute approximate surface area is 161 Å². The normalized spacial score (nSPS) is 11.5. The summed E-state index contributed by atoms with van der Waals surface area (Å²) in [5, 5.41) is 11.4. The van der Waals surface area contributed by atoms with Crippen LogP contribution >= 0.6 is 0 Å². The number of rotatable bonds is 4. The lowest BCUT2D eigenvalue weighted by Crippen LogP contribution is -2.23. The zero-order chi connectivity index (χ0) is 19.7. The van der Waals surface area contributed by atoms with Crippen LogP contribution in [0.3, 0.4) is 0 Å². The zero-order valence-electron chi connectivity index (χ0n) is 15.3. The van der Waals surface area contributed by atoms with Gasteiger partial charge in [0.1, 0.15) is 5.69 Å². The molecule has 0 radical (unpaired) electrons. The van der Waals surface area contributed by atoms with Crippen molar-refractivity contribution in [2.24, 2.45) is 0 Å². The van der Waals surface area contributed by atoms with Crippen molar-refractivity contribution >= 4 is 39.9 Å². The van der Waals surface area contributed by atoms with Gasteiger partial charge in [-0.3, -0.25) is 4.79 Å². The summed E-state index contributed by atoms with van der Waals surface area (Å²) in [5.41, 5.74) is 2.32. The van der Waals surface area contributed by atoms with Crippen molar-refractivity contribution in [1.82, 2.24) is 9.55 Å². The molecule has 0 saturated heterocycles. The molecule has 0 aliphatic carbocycles. The van der Waals surface area contributed by atoms with E-state index in [1.54, 1.807) is 16.7 Å². The van der Waals surface area contributed by atoms with Gasteiger partial charge in [0, 0.05) is 6.54 Å². The van der Waals surface area contributed by atoms with E-state index in [4.69, 9.17) is 0 Å². The number of aryl methyl sites for hydroxylation is 1. The van der Waals surface area contributed by atoms with Crippen molar-refractivity contribution in [2.45, 2.75) is 13.5 Å². The van der Waals surface area contributed by atoms with Crippen molar-refractivity contribution in [3.63, 3.8) is 0 Å². The van der Waals surface area contributed by atoms with Gasteiger partial charge in [-0.15, -0.1) is 0 Å². The van der Waals surface area contributed by atoms with Crippen LogP contribution in [0.4, 0.5) is 0 Å². The molecule has 4 rings (SSSR count). The molecule has 1 aromatic heterocycles. The highest BCUT2D eigenvalue weighted by atomic mass is 16.4. The first-order valence-electron chi connectivity index (χ1n) is 9.02. The summed E-state index contributed by atoms with van der Waals surface area (Å²) in [7, 11) is 0. The second-order valence-electron chi connectivity index (χ2n) is 6.46. The second-order valence-corrected chi connectivity index (χ2v) is 6.46. The standard InChI is InChI=1S/C23H18N2O3/c1-2-25-21-13-11-17(23(27)28)14-20(21)24-19(22(25)26)12-10-16-8-5-7-15-6-3-4-9-18(15)16/h3-14H,2H2,1H3,(H,27,28)/b12-10+. The zero-order valence-corrected chi connectivity index (χ0v) is 15.3. The number of benzene rings is 3. The molecule has 4 aromatic rings. The van der Waals surface area contributed by atoms with E-state index in [-0.39, 0.29) is 16.8 Å². The van der Waals surface area contributed by atoms with E-state index >= 15 is 0 Å². The van der Waals surface area contributed by atoms with E-state index in [1.807, 2.05) is 55.5 Å². The van der Waals surface area contributed by atoms with Crippen LogP contribution in [0.25, 0.3) is 34.0 Å². The summed E-state index contributed by atoms with van der Waals surface area (Å²) >= 11 is 0. The van der Waals surface area contributed by atoms with Gasteiger partial charge in [-0.1, -0.05) is 48.5 Å². The Kier molecular flexibility index (Phi) is 4.49. The molecule has 0 fully saturated rings. The van der Waals surface area contributed by atoms with Crippen LogP contribution in [0, 0.1) is 0 Å². The molecule has 1 N–H and O–H groups in total. The smallest absolute Gasteiger partial charge is 0.335 e. The minimum Gasteiger partial charge on any atom is -0.478 e. The summed E-state index contributed by atoms with van der Waals surface area (Å²) in [4.78, 5) is 28.6. The third kappa shape index (κ3) is 3.07. The van der Waals surface area contributed by atoms with Crippen LogP contribution in [0.2, 0.25) is 0 Å². The van der Waals surface area contributed by atoms with E-state index in [0.29, 0.717) is 17.6 Å². The van der Waals surface area contributed by atoms with Crippen molar-refractivity contribution in [1.29, 1.82) is 0 Å². The quantitative estimate of drug-likeness (QED) is 0.576. The maximum absolute atomic E-state index is 12.9.